The van der Waals surface area contributed by atoms with Crippen LogP contribution < -0.4 is 19.9 Å². The molecule has 2 aromatic carbocycles. The zero-order chi connectivity index (χ0) is 28.5. The van der Waals surface area contributed by atoms with Gasteiger partial charge in [-0.05, 0) is 86.0 Å². The molecule has 9 nitrogen and oxygen atoms in total. The molecule has 10 heteroatoms. The first kappa shape index (κ1) is 26.7. The largest absolute Gasteiger partial charge is 0.497 e. The van der Waals surface area contributed by atoms with E-state index in [1.165, 1.54) is 12.1 Å². The standard InChI is InChI=1S/C31H33FN6O3/c1-33-18-22-19-34-27(30(39)38-14-8-21-15-23(32)3-6-28(21)38)17-29(22)36-11-9-24(10-12-36)37-13-7-20-16-25(41-2)4-5-26(20)35-31(37)40/h3-6,15-17,19,24H,1,7-14,18H2,2H3,(H,35,40). The van der Waals surface area contributed by atoms with Crippen molar-refractivity contribution in [3.63, 3.8) is 0 Å². The van der Waals surface area contributed by atoms with Gasteiger partial charge < -0.3 is 24.8 Å². The number of piperidine rings is 1. The molecular weight excluding hydrogens is 523 g/mol. The number of hydrogen-bond acceptors (Lipinski definition) is 6. The minimum Gasteiger partial charge on any atom is -0.497 e. The molecule has 0 aliphatic carbocycles. The molecule has 0 unspecified atom stereocenters. The molecule has 6 rings (SSSR count). The van der Waals surface area contributed by atoms with Crippen molar-refractivity contribution < 1.29 is 18.7 Å². The number of carbonyl (C=O) groups is 2. The zero-order valence-corrected chi connectivity index (χ0v) is 23.1. The molecule has 1 fully saturated rings. The third-order valence-corrected chi connectivity index (χ3v) is 8.33. The highest BCUT2D eigenvalue weighted by atomic mass is 19.1. The predicted octanol–water partition coefficient (Wildman–Crippen LogP) is 4.69. The van der Waals surface area contributed by atoms with Gasteiger partial charge >= 0.3 is 6.03 Å². The van der Waals surface area contributed by atoms with Crippen LogP contribution >= 0.6 is 0 Å². The van der Waals surface area contributed by atoms with Gasteiger partial charge in [0.15, 0.2) is 0 Å². The molecule has 41 heavy (non-hydrogen) atoms. The van der Waals surface area contributed by atoms with Gasteiger partial charge in [0.1, 0.15) is 17.3 Å². The number of methoxy groups -OCH3 is 1. The van der Waals surface area contributed by atoms with E-state index >= 15 is 0 Å². The average Bonchev–Trinajstić information content (AvgIpc) is 3.33. The van der Waals surface area contributed by atoms with Crippen LogP contribution in [0.15, 0.2) is 53.7 Å². The Morgan fingerprint density at radius 2 is 1.88 bits per heavy atom. The number of anilines is 3. The summed E-state index contributed by atoms with van der Waals surface area (Å²) in [7, 11) is 1.64. The lowest BCUT2D eigenvalue weighted by Gasteiger charge is -2.39. The van der Waals surface area contributed by atoms with Crippen LogP contribution in [0.4, 0.5) is 26.2 Å². The van der Waals surface area contributed by atoms with E-state index in [9.17, 15) is 14.0 Å². The molecule has 3 aromatic rings. The smallest absolute Gasteiger partial charge is 0.322 e. The van der Waals surface area contributed by atoms with Crippen LogP contribution in [0.2, 0.25) is 0 Å². The minimum atomic E-state index is -0.300. The Labute approximate surface area is 238 Å². The summed E-state index contributed by atoms with van der Waals surface area (Å²) in [5, 5.41) is 3.07. The number of nitrogens with zero attached hydrogens (tertiary/aromatic N) is 5. The van der Waals surface area contributed by atoms with Crippen LogP contribution in [0.5, 0.6) is 5.75 Å². The monoisotopic (exact) mass is 556 g/mol. The number of aliphatic imine (C=N–C) groups is 1. The van der Waals surface area contributed by atoms with E-state index in [2.05, 4.69) is 26.9 Å². The molecule has 0 spiro atoms. The summed E-state index contributed by atoms with van der Waals surface area (Å²) in [6.07, 6.45) is 4.66. The van der Waals surface area contributed by atoms with Gasteiger partial charge in [-0.15, -0.1) is 0 Å². The lowest BCUT2D eigenvalue weighted by atomic mass is 10.0. The minimum absolute atomic E-state index is 0.0773. The molecule has 0 saturated carbocycles. The SMILES string of the molecule is C=NCc1cnc(C(=O)N2CCc3cc(F)ccc32)cc1N1CCC(N2CCc3cc(OC)ccc3NC2=O)CC1. The first-order valence-electron chi connectivity index (χ1n) is 14.0. The molecule has 1 aromatic heterocycles. The number of amides is 3. The van der Waals surface area contributed by atoms with Crippen LogP contribution in [0.25, 0.3) is 0 Å². The van der Waals surface area contributed by atoms with E-state index in [1.807, 2.05) is 29.2 Å². The molecule has 4 heterocycles. The molecule has 0 atom stereocenters. The Bertz CT molecular complexity index is 1500. The second-order valence-electron chi connectivity index (χ2n) is 10.7. The van der Waals surface area contributed by atoms with Gasteiger partial charge in [-0.1, -0.05) is 0 Å². The summed E-state index contributed by atoms with van der Waals surface area (Å²) in [5.41, 5.74) is 5.60. The summed E-state index contributed by atoms with van der Waals surface area (Å²) >= 11 is 0. The highest BCUT2D eigenvalue weighted by molar-refractivity contribution is 6.06. The number of hydrogen-bond donors (Lipinski definition) is 1. The maximum Gasteiger partial charge on any atom is 0.322 e. The highest BCUT2D eigenvalue weighted by Gasteiger charge is 2.32. The number of benzene rings is 2. The summed E-state index contributed by atoms with van der Waals surface area (Å²) < 4.78 is 19.1. The second kappa shape index (κ2) is 11.2. The van der Waals surface area contributed by atoms with Crippen molar-refractivity contribution in [3.05, 3.63) is 76.9 Å². The molecule has 0 bridgehead atoms. The van der Waals surface area contributed by atoms with Crippen molar-refractivity contribution in [1.82, 2.24) is 9.88 Å². The maximum atomic E-state index is 13.7. The normalized spacial score (nSPS) is 17.0. The molecule has 3 aliphatic heterocycles. The Hall–Kier alpha value is -4.47. The van der Waals surface area contributed by atoms with Crippen molar-refractivity contribution in [3.8, 4) is 5.75 Å². The summed E-state index contributed by atoms with van der Waals surface area (Å²) in [6.45, 7) is 6.62. The van der Waals surface area contributed by atoms with E-state index in [1.54, 1.807) is 24.3 Å². The average molecular weight is 557 g/mol. The van der Waals surface area contributed by atoms with E-state index in [0.717, 1.165) is 71.9 Å². The number of halogens is 1. The molecule has 1 saturated heterocycles. The van der Waals surface area contributed by atoms with E-state index in [4.69, 9.17) is 4.74 Å². The van der Waals surface area contributed by atoms with Gasteiger partial charge in [-0.25, -0.2) is 9.18 Å². The van der Waals surface area contributed by atoms with Crippen molar-refractivity contribution in [1.29, 1.82) is 0 Å². The molecule has 3 aliphatic rings. The van der Waals surface area contributed by atoms with Crippen molar-refractivity contribution in [2.75, 3.05) is 48.4 Å². The van der Waals surface area contributed by atoms with E-state index < -0.39 is 0 Å². The molecule has 1 N–H and O–H groups in total. The third-order valence-electron chi connectivity index (χ3n) is 8.33. The summed E-state index contributed by atoms with van der Waals surface area (Å²) in [5.74, 6) is 0.273. The van der Waals surface area contributed by atoms with Gasteiger partial charge in [0.2, 0.25) is 0 Å². The van der Waals surface area contributed by atoms with Crippen LogP contribution in [0, 0.1) is 5.82 Å². The molecule has 212 valence electrons. The Morgan fingerprint density at radius 1 is 1.07 bits per heavy atom. The quantitative estimate of drug-likeness (QED) is 0.445. The second-order valence-corrected chi connectivity index (χ2v) is 10.7. The van der Waals surface area contributed by atoms with Crippen LogP contribution in [0.1, 0.15) is 40.0 Å². The molecular formula is C31H33FN6O3. The van der Waals surface area contributed by atoms with Gasteiger partial charge in [-0.2, -0.15) is 0 Å². The summed E-state index contributed by atoms with van der Waals surface area (Å²) in [6, 6.07) is 12.1. The Balaban J connectivity index is 1.17. The van der Waals surface area contributed by atoms with Gasteiger partial charge in [0.05, 0.1) is 13.7 Å². The third kappa shape index (κ3) is 5.21. The highest BCUT2D eigenvalue weighted by Crippen LogP contribution is 2.33. The fourth-order valence-electron chi connectivity index (χ4n) is 6.17. The molecule has 3 amide bonds. The van der Waals surface area contributed by atoms with Crippen LogP contribution in [-0.4, -0.2) is 67.9 Å². The number of carbonyl (C=O) groups excluding carboxylic acids is 2. The van der Waals surface area contributed by atoms with Crippen LogP contribution in [-0.2, 0) is 19.4 Å². The lowest BCUT2D eigenvalue weighted by molar-refractivity contribution is 0.0984. The number of aromatic nitrogens is 1. The van der Waals surface area contributed by atoms with Gasteiger partial charge in [0, 0.05) is 61.0 Å². The lowest BCUT2D eigenvalue weighted by Crippen LogP contribution is -2.49. The number of urea groups is 1. The molecule has 0 radical (unpaired) electrons. The number of pyridine rings is 1. The van der Waals surface area contributed by atoms with E-state index in [-0.39, 0.29) is 23.8 Å². The van der Waals surface area contributed by atoms with Crippen molar-refractivity contribution >= 4 is 35.7 Å². The van der Waals surface area contributed by atoms with Gasteiger partial charge in [0.25, 0.3) is 5.91 Å². The van der Waals surface area contributed by atoms with Crippen molar-refractivity contribution in [2.24, 2.45) is 4.99 Å². The first-order chi connectivity index (χ1) is 19.9. The first-order valence-corrected chi connectivity index (χ1v) is 14.0. The topological polar surface area (TPSA) is 90.4 Å². The Morgan fingerprint density at radius 3 is 2.66 bits per heavy atom. The van der Waals surface area contributed by atoms with Crippen LogP contribution in [0.3, 0.4) is 0 Å². The number of ether oxygens (including phenoxy) is 1. The fourth-order valence-corrected chi connectivity index (χ4v) is 6.17. The van der Waals surface area contributed by atoms with Crippen molar-refractivity contribution in [2.45, 2.75) is 38.3 Å². The zero-order valence-electron chi connectivity index (χ0n) is 23.1. The van der Waals surface area contributed by atoms with E-state index in [0.29, 0.717) is 31.7 Å². The predicted molar refractivity (Wildman–Crippen MR) is 157 cm³/mol. The van der Waals surface area contributed by atoms with Gasteiger partial charge in [-0.3, -0.25) is 14.8 Å². The number of nitrogens with one attached hydrogen (secondary N) is 1. The number of rotatable bonds is 6. The summed E-state index contributed by atoms with van der Waals surface area (Å²) in [4.78, 5) is 41.1. The Kier molecular flexibility index (Phi) is 7.30. The maximum absolute atomic E-state index is 13.7. The fraction of sp³-hybridized carbons (Fsp3) is 0.355. The number of fused-ring (bicyclic) bond motifs is 2.